The van der Waals surface area contributed by atoms with Gasteiger partial charge in [0.05, 0.1) is 22.5 Å². The third kappa shape index (κ3) is 2.94. The lowest BCUT2D eigenvalue weighted by atomic mass is 9.79. The number of nitrogens with zero attached hydrogens (tertiary/aromatic N) is 1. The summed E-state index contributed by atoms with van der Waals surface area (Å²) in [5, 5.41) is 0. The maximum absolute atomic E-state index is 13.1. The highest BCUT2D eigenvalue weighted by Gasteiger charge is 2.52. The van der Waals surface area contributed by atoms with E-state index in [4.69, 9.17) is 9.31 Å². The van der Waals surface area contributed by atoms with Crippen molar-refractivity contribution in [3.63, 3.8) is 0 Å². The lowest BCUT2D eigenvalue weighted by Crippen LogP contribution is -2.41. The fraction of sp³-hybridized carbons (Fsp3) is 0.643. The van der Waals surface area contributed by atoms with Gasteiger partial charge in [0.25, 0.3) is 0 Å². The highest BCUT2D eigenvalue weighted by Crippen LogP contribution is 2.37. The first kappa shape index (κ1) is 16.3. The third-order valence-corrected chi connectivity index (χ3v) is 4.16. The number of aromatic nitrogens is 1. The Kier molecular flexibility index (Phi) is 3.87. The minimum atomic E-state index is -4.43. The summed E-state index contributed by atoms with van der Waals surface area (Å²) < 4.78 is 50.8. The van der Waals surface area contributed by atoms with Gasteiger partial charge >= 0.3 is 13.3 Å². The molecule has 0 radical (unpaired) electrons. The molecule has 0 spiro atoms. The van der Waals surface area contributed by atoms with Gasteiger partial charge in [-0.05, 0) is 40.2 Å². The Morgan fingerprint density at radius 2 is 1.67 bits per heavy atom. The van der Waals surface area contributed by atoms with Gasteiger partial charge in [0, 0.05) is 11.7 Å². The maximum atomic E-state index is 13.1. The number of hydrogen-bond acceptors (Lipinski definition) is 3. The SMILES string of the molecule is CCc1ncc(B2OC(C)(C)C(C)(C)O2)cc1C(F)(F)F. The molecule has 0 unspecified atom stereocenters. The highest BCUT2D eigenvalue weighted by molar-refractivity contribution is 6.62. The first-order valence-electron chi connectivity index (χ1n) is 6.89. The van der Waals surface area contributed by atoms with Gasteiger partial charge in [-0.3, -0.25) is 4.98 Å². The van der Waals surface area contributed by atoms with Crippen LogP contribution in [-0.2, 0) is 21.9 Å². The van der Waals surface area contributed by atoms with Crippen molar-refractivity contribution < 1.29 is 22.5 Å². The van der Waals surface area contributed by atoms with Crippen molar-refractivity contribution in [3.05, 3.63) is 23.5 Å². The minimum absolute atomic E-state index is 0.0303. The second kappa shape index (κ2) is 4.99. The Morgan fingerprint density at radius 1 is 1.14 bits per heavy atom. The van der Waals surface area contributed by atoms with Gasteiger partial charge in [0.15, 0.2) is 0 Å². The van der Waals surface area contributed by atoms with Crippen LogP contribution < -0.4 is 5.46 Å². The highest BCUT2D eigenvalue weighted by atomic mass is 19.4. The van der Waals surface area contributed by atoms with Crippen LogP contribution in [-0.4, -0.2) is 23.3 Å². The number of rotatable bonds is 2. The van der Waals surface area contributed by atoms with Crippen LogP contribution in [0.4, 0.5) is 13.2 Å². The van der Waals surface area contributed by atoms with Crippen LogP contribution >= 0.6 is 0 Å². The van der Waals surface area contributed by atoms with Crippen molar-refractivity contribution >= 4 is 12.6 Å². The Labute approximate surface area is 123 Å². The Balaban J connectivity index is 2.39. The first-order chi connectivity index (χ1) is 9.48. The van der Waals surface area contributed by atoms with Crippen molar-refractivity contribution in [3.8, 4) is 0 Å². The third-order valence-electron chi connectivity index (χ3n) is 4.16. The van der Waals surface area contributed by atoms with E-state index in [2.05, 4.69) is 4.98 Å². The molecule has 1 aromatic rings. The van der Waals surface area contributed by atoms with Gasteiger partial charge in [-0.15, -0.1) is 0 Å². The molecule has 2 rings (SSSR count). The van der Waals surface area contributed by atoms with Crippen molar-refractivity contribution in [1.29, 1.82) is 0 Å². The average molecular weight is 301 g/mol. The molecule has 2 heterocycles. The van der Waals surface area contributed by atoms with Gasteiger partial charge in [-0.2, -0.15) is 13.2 Å². The van der Waals surface area contributed by atoms with Crippen LogP contribution in [0.15, 0.2) is 12.3 Å². The molecule has 1 aliphatic rings. The van der Waals surface area contributed by atoms with Gasteiger partial charge in [-0.1, -0.05) is 6.92 Å². The molecule has 1 saturated heterocycles. The fourth-order valence-corrected chi connectivity index (χ4v) is 2.14. The normalized spacial score (nSPS) is 20.9. The summed E-state index contributed by atoms with van der Waals surface area (Å²) in [6.07, 6.45) is -2.81. The minimum Gasteiger partial charge on any atom is -0.399 e. The van der Waals surface area contributed by atoms with Crippen LogP contribution in [0.2, 0.25) is 0 Å². The van der Waals surface area contributed by atoms with E-state index in [1.54, 1.807) is 6.92 Å². The van der Waals surface area contributed by atoms with Crippen LogP contribution in [0.1, 0.15) is 45.9 Å². The maximum Gasteiger partial charge on any atom is 0.496 e. The fourth-order valence-electron chi connectivity index (χ4n) is 2.14. The molecule has 0 aromatic carbocycles. The molecule has 0 N–H and O–H groups in total. The van der Waals surface area contributed by atoms with Crippen molar-refractivity contribution in [2.24, 2.45) is 0 Å². The quantitative estimate of drug-likeness (QED) is 0.787. The number of alkyl halides is 3. The summed E-state index contributed by atoms with van der Waals surface area (Å²) in [5.74, 6) is 0. The number of pyridine rings is 1. The summed E-state index contributed by atoms with van der Waals surface area (Å²) in [6, 6.07) is 1.08. The number of hydrogen-bond donors (Lipinski definition) is 0. The topological polar surface area (TPSA) is 31.4 Å². The van der Waals surface area contributed by atoms with E-state index in [0.29, 0.717) is 0 Å². The summed E-state index contributed by atoms with van der Waals surface area (Å²) >= 11 is 0. The summed E-state index contributed by atoms with van der Waals surface area (Å²) in [5.41, 5.74) is -1.60. The molecule has 0 aliphatic carbocycles. The van der Waals surface area contributed by atoms with Crippen LogP contribution in [0.3, 0.4) is 0 Å². The van der Waals surface area contributed by atoms with Gasteiger partial charge in [0.1, 0.15) is 0 Å². The van der Waals surface area contributed by atoms with E-state index in [1.807, 2.05) is 27.7 Å². The molecule has 7 heteroatoms. The number of halogens is 3. The molecular formula is C14H19BF3NO2. The molecule has 0 amide bonds. The molecular weight excluding hydrogens is 282 g/mol. The zero-order valence-electron chi connectivity index (χ0n) is 12.8. The van der Waals surface area contributed by atoms with E-state index in [1.165, 1.54) is 6.20 Å². The van der Waals surface area contributed by atoms with Gasteiger partial charge in [0.2, 0.25) is 0 Å². The van der Waals surface area contributed by atoms with Crippen molar-refractivity contribution in [1.82, 2.24) is 4.98 Å². The second-order valence-electron chi connectivity index (χ2n) is 6.20. The summed E-state index contributed by atoms with van der Waals surface area (Å²) in [7, 11) is -0.838. The Hall–Kier alpha value is -1.08. The van der Waals surface area contributed by atoms with Gasteiger partial charge in [-0.25, -0.2) is 0 Å². The van der Waals surface area contributed by atoms with E-state index in [0.717, 1.165) is 6.07 Å². The number of aryl methyl sites for hydroxylation is 1. The second-order valence-corrected chi connectivity index (χ2v) is 6.20. The van der Waals surface area contributed by atoms with E-state index in [9.17, 15) is 13.2 Å². The van der Waals surface area contributed by atoms with Crippen LogP contribution in [0.5, 0.6) is 0 Å². The predicted octanol–water partition coefficient (Wildman–Crippen LogP) is 2.96. The summed E-state index contributed by atoms with van der Waals surface area (Å²) in [6.45, 7) is 9.06. The standard InChI is InChI=1S/C14H19BF3NO2/c1-6-11-10(14(16,17)18)7-9(8-19-11)15-20-12(2,3)13(4,5)21-15/h7-8H,6H2,1-5H3. The molecule has 0 bridgehead atoms. The zero-order chi connectivity index (χ0) is 16.1. The lowest BCUT2D eigenvalue weighted by molar-refractivity contribution is -0.138. The van der Waals surface area contributed by atoms with Crippen LogP contribution in [0, 0.1) is 0 Å². The molecule has 0 saturated carbocycles. The smallest absolute Gasteiger partial charge is 0.399 e. The molecule has 21 heavy (non-hydrogen) atoms. The Morgan fingerprint density at radius 3 is 2.10 bits per heavy atom. The molecule has 1 aromatic heterocycles. The largest absolute Gasteiger partial charge is 0.496 e. The van der Waals surface area contributed by atoms with Gasteiger partial charge < -0.3 is 9.31 Å². The molecule has 116 valence electrons. The van der Waals surface area contributed by atoms with E-state index >= 15 is 0 Å². The van der Waals surface area contributed by atoms with E-state index < -0.39 is 30.1 Å². The lowest BCUT2D eigenvalue weighted by Gasteiger charge is -2.32. The monoisotopic (exact) mass is 301 g/mol. The Bertz CT molecular complexity index is 528. The molecule has 1 aliphatic heterocycles. The zero-order valence-corrected chi connectivity index (χ0v) is 12.8. The van der Waals surface area contributed by atoms with Crippen molar-refractivity contribution in [2.45, 2.75) is 58.4 Å². The first-order valence-corrected chi connectivity index (χ1v) is 6.89. The molecule has 3 nitrogen and oxygen atoms in total. The molecule has 1 fully saturated rings. The summed E-state index contributed by atoms with van der Waals surface area (Å²) in [4.78, 5) is 3.92. The van der Waals surface area contributed by atoms with Crippen LogP contribution in [0.25, 0.3) is 0 Å². The van der Waals surface area contributed by atoms with Crippen molar-refractivity contribution in [2.75, 3.05) is 0 Å². The predicted molar refractivity (Wildman–Crippen MR) is 74.3 cm³/mol. The van der Waals surface area contributed by atoms with E-state index in [-0.39, 0.29) is 17.6 Å². The average Bonchev–Trinajstić information content (AvgIpc) is 2.56. The molecule has 0 atom stereocenters.